The molecule has 2 rings (SSSR count). The van der Waals surface area contributed by atoms with Crippen molar-refractivity contribution in [3.63, 3.8) is 0 Å². The second kappa shape index (κ2) is 9.05. The lowest BCUT2D eigenvalue weighted by molar-refractivity contribution is -0.116. The summed E-state index contributed by atoms with van der Waals surface area (Å²) in [6.45, 7) is 0.978. The summed E-state index contributed by atoms with van der Waals surface area (Å²) in [5.74, 6) is -0.607. The van der Waals surface area contributed by atoms with Gasteiger partial charge in [-0.15, -0.1) is 0 Å². The van der Waals surface area contributed by atoms with Crippen LogP contribution in [0.3, 0.4) is 0 Å². The molecular formula is C18H20ClN3O5S. The van der Waals surface area contributed by atoms with Crippen molar-refractivity contribution in [3.05, 3.63) is 47.5 Å². The van der Waals surface area contributed by atoms with Crippen molar-refractivity contribution in [1.82, 2.24) is 4.31 Å². The molecule has 0 aliphatic rings. The smallest absolute Gasteiger partial charge is 0.247 e. The van der Waals surface area contributed by atoms with Crippen LogP contribution in [0, 0.1) is 0 Å². The molecule has 0 radical (unpaired) electrons. The van der Waals surface area contributed by atoms with Crippen molar-refractivity contribution >= 4 is 44.8 Å². The predicted octanol–water partition coefficient (Wildman–Crippen LogP) is 2.57. The second-order valence-electron chi connectivity index (χ2n) is 5.86. The van der Waals surface area contributed by atoms with E-state index in [0.717, 1.165) is 4.31 Å². The largest absolute Gasteiger partial charge is 0.495 e. The lowest BCUT2D eigenvalue weighted by Crippen LogP contribution is -2.35. The maximum absolute atomic E-state index is 12.8. The van der Waals surface area contributed by atoms with Crippen molar-refractivity contribution in [2.75, 3.05) is 31.3 Å². The van der Waals surface area contributed by atoms with Crippen molar-refractivity contribution in [3.8, 4) is 5.75 Å². The number of ether oxygens (including phenoxy) is 1. The molecule has 0 heterocycles. The number of halogens is 1. The minimum atomic E-state index is -4.00. The van der Waals surface area contributed by atoms with Crippen LogP contribution in [-0.2, 0) is 19.6 Å². The Morgan fingerprint density at radius 1 is 1.07 bits per heavy atom. The summed E-state index contributed by atoms with van der Waals surface area (Å²) < 4.78 is 31.5. The summed E-state index contributed by atoms with van der Waals surface area (Å²) in [5, 5.41) is 5.44. The molecule has 2 aromatic rings. The average molecular weight is 426 g/mol. The molecule has 0 saturated heterocycles. The zero-order chi connectivity index (χ0) is 20.9. The highest BCUT2D eigenvalue weighted by Crippen LogP contribution is 2.29. The standard InChI is InChI=1S/C18H20ClN3O5S/c1-12(23)20-14-5-7-15(8-6-14)21-18(24)11-22(2)28(25,26)17-10-13(19)4-9-16(17)27-3/h4-10H,11H2,1-3H3,(H,20,23)(H,21,24). The van der Waals surface area contributed by atoms with Gasteiger partial charge in [-0.3, -0.25) is 9.59 Å². The molecule has 0 saturated carbocycles. The molecule has 10 heteroatoms. The molecule has 2 amide bonds. The molecule has 0 aromatic heterocycles. The van der Waals surface area contributed by atoms with E-state index >= 15 is 0 Å². The Morgan fingerprint density at radius 3 is 2.18 bits per heavy atom. The Morgan fingerprint density at radius 2 is 1.64 bits per heavy atom. The molecule has 0 unspecified atom stereocenters. The predicted molar refractivity (Wildman–Crippen MR) is 107 cm³/mol. The molecule has 150 valence electrons. The lowest BCUT2D eigenvalue weighted by Gasteiger charge is -2.18. The molecule has 8 nitrogen and oxygen atoms in total. The normalized spacial score (nSPS) is 11.2. The molecule has 0 fully saturated rings. The van der Waals surface area contributed by atoms with Gasteiger partial charge in [0.15, 0.2) is 0 Å². The van der Waals surface area contributed by atoms with Crippen molar-refractivity contribution in [2.45, 2.75) is 11.8 Å². The number of methoxy groups -OCH3 is 1. The van der Waals surface area contributed by atoms with Crippen molar-refractivity contribution in [2.24, 2.45) is 0 Å². The van der Waals surface area contributed by atoms with Crippen LogP contribution in [0.2, 0.25) is 5.02 Å². The first-order chi connectivity index (χ1) is 13.1. The highest BCUT2D eigenvalue weighted by molar-refractivity contribution is 7.89. The van der Waals surface area contributed by atoms with Crippen LogP contribution in [0.15, 0.2) is 47.4 Å². The number of nitrogens with one attached hydrogen (secondary N) is 2. The first kappa shape index (κ1) is 21.7. The van der Waals surface area contributed by atoms with Crippen LogP contribution >= 0.6 is 11.6 Å². The summed E-state index contributed by atoms with van der Waals surface area (Å²) in [4.78, 5) is 23.1. The molecule has 0 aliphatic heterocycles. The maximum Gasteiger partial charge on any atom is 0.247 e. The quantitative estimate of drug-likeness (QED) is 0.709. The third-order valence-electron chi connectivity index (χ3n) is 3.67. The van der Waals surface area contributed by atoms with E-state index in [4.69, 9.17) is 16.3 Å². The number of hydrogen-bond acceptors (Lipinski definition) is 5. The van der Waals surface area contributed by atoms with Gasteiger partial charge in [0, 0.05) is 30.4 Å². The summed E-state index contributed by atoms with van der Waals surface area (Å²) in [7, 11) is -1.36. The lowest BCUT2D eigenvalue weighted by atomic mass is 10.2. The van der Waals surface area contributed by atoms with Gasteiger partial charge in [-0.2, -0.15) is 4.31 Å². The van der Waals surface area contributed by atoms with Gasteiger partial charge >= 0.3 is 0 Å². The molecule has 0 spiro atoms. The van der Waals surface area contributed by atoms with E-state index in [0.29, 0.717) is 11.4 Å². The number of carbonyl (C=O) groups is 2. The van der Waals surface area contributed by atoms with Crippen LogP contribution in [0.25, 0.3) is 0 Å². The van der Waals surface area contributed by atoms with E-state index in [9.17, 15) is 18.0 Å². The van der Waals surface area contributed by atoms with E-state index in [2.05, 4.69) is 10.6 Å². The van der Waals surface area contributed by atoms with E-state index in [1.807, 2.05) is 0 Å². The number of likely N-dealkylation sites (N-methyl/N-ethyl adjacent to an activating group) is 1. The Hall–Kier alpha value is -2.62. The summed E-state index contributed by atoms with van der Waals surface area (Å²) >= 11 is 5.90. The average Bonchev–Trinajstić information content (AvgIpc) is 2.62. The fourth-order valence-electron chi connectivity index (χ4n) is 2.35. The van der Waals surface area contributed by atoms with Gasteiger partial charge in [-0.1, -0.05) is 11.6 Å². The van der Waals surface area contributed by atoms with Crippen LogP contribution in [0.1, 0.15) is 6.92 Å². The zero-order valence-electron chi connectivity index (χ0n) is 15.5. The number of amides is 2. The number of sulfonamides is 1. The summed E-state index contributed by atoms with van der Waals surface area (Å²) in [5.41, 5.74) is 1.04. The van der Waals surface area contributed by atoms with Gasteiger partial charge in [-0.25, -0.2) is 8.42 Å². The fraction of sp³-hybridized carbons (Fsp3) is 0.222. The van der Waals surface area contributed by atoms with E-state index in [1.165, 1.54) is 39.3 Å². The number of anilines is 2. The Kier molecular flexibility index (Phi) is 7.00. The van der Waals surface area contributed by atoms with Gasteiger partial charge in [-0.05, 0) is 42.5 Å². The molecule has 0 aliphatic carbocycles. The van der Waals surface area contributed by atoms with Gasteiger partial charge in [0.1, 0.15) is 10.6 Å². The summed E-state index contributed by atoms with van der Waals surface area (Å²) in [6.07, 6.45) is 0. The number of hydrogen-bond donors (Lipinski definition) is 2. The topological polar surface area (TPSA) is 105 Å². The number of rotatable bonds is 7. The van der Waals surface area contributed by atoms with Gasteiger partial charge in [0.2, 0.25) is 21.8 Å². The van der Waals surface area contributed by atoms with Crippen LogP contribution in [0.4, 0.5) is 11.4 Å². The van der Waals surface area contributed by atoms with Gasteiger partial charge in [0.25, 0.3) is 0 Å². The fourth-order valence-corrected chi connectivity index (χ4v) is 3.89. The molecule has 2 N–H and O–H groups in total. The summed E-state index contributed by atoms with van der Waals surface area (Å²) in [6, 6.07) is 10.7. The third-order valence-corrected chi connectivity index (χ3v) is 5.73. The van der Waals surface area contributed by atoms with Crippen LogP contribution in [-0.4, -0.2) is 45.2 Å². The van der Waals surface area contributed by atoms with Gasteiger partial charge in [0.05, 0.1) is 13.7 Å². The minimum absolute atomic E-state index is 0.127. The van der Waals surface area contributed by atoms with Crippen molar-refractivity contribution < 1.29 is 22.7 Å². The number of carbonyl (C=O) groups excluding carboxylic acids is 2. The number of benzene rings is 2. The van der Waals surface area contributed by atoms with Crippen molar-refractivity contribution in [1.29, 1.82) is 0 Å². The minimum Gasteiger partial charge on any atom is -0.495 e. The first-order valence-electron chi connectivity index (χ1n) is 8.11. The van der Waals surface area contributed by atoms with E-state index < -0.39 is 22.5 Å². The third kappa shape index (κ3) is 5.44. The first-order valence-corrected chi connectivity index (χ1v) is 9.92. The number of nitrogens with zero attached hydrogens (tertiary/aromatic N) is 1. The molecule has 2 aromatic carbocycles. The Bertz CT molecular complexity index is 977. The Labute approximate surface area is 168 Å². The highest BCUT2D eigenvalue weighted by Gasteiger charge is 2.26. The second-order valence-corrected chi connectivity index (χ2v) is 8.31. The molecular weight excluding hydrogens is 406 g/mol. The monoisotopic (exact) mass is 425 g/mol. The Balaban J connectivity index is 2.09. The highest BCUT2D eigenvalue weighted by atomic mass is 35.5. The zero-order valence-corrected chi connectivity index (χ0v) is 17.1. The maximum atomic E-state index is 12.8. The molecule has 0 bridgehead atoms. The molecule has 0 atom stereocenters. The van der Waals surface area contributed by atoms with Crippen LogP contribution in [0.5, 0.6) is 5.75 Å². The van der Waals surface area contributed by atoms with Gasteiger partial charge < -0.3 is 15.4 Å². The van der Waals surface area contributed by atoms with Crippen LogP contribution < -0.4 is 15.4 Å². The van der Waals surface area contributed by atoms with E-state index in [-0.39, 0.29) is 21.6 Å². The SMILES string of the molecule is COc1ccc(Cl)cc1S(=O)(=O)N(C)CC(=O)Nc1ccc(NC(C)=O)cc1. The molecule has 28 heavy (non-hydrogen) atoms. The van der Waals surface area contributed by atoms with E-state index in [1.54, 1.807) is 24.3 Å².